The Labute approximate surface area is 263 Å². The Morgan fingerprint density at radius 2 is 1.91 bits per heavy atom. The maximum atomic E-state index is 13.1. The zero-order valence-electron chi connectivity index (χ0n) is 25.7. The molecule has 0 saturated carbocycles. The molecule has 0 amide bonds. The van der Waals surface area contributed by atoms with Gasteiger partial charge in [0.25, 0.3) is 5.95 Å². The molecular weight excluding hydrogens is 596 g/mol. The minimum absolute atomic E-state index is 0.0470. The van der Waals surface area contributed by atoms with E-state index in [0.29, 0.717) is 13.0 Å². The van der Waals surface area contributed by atoms with Crippen molar-refractivity contribution in [3.63, 3.8) is 0 Å². The Morgan fingerprint density at radius 1 is 1.11 bits per heavy atom. The number of aromatic nitrogens is 3. The number of aliphatic hydroxyl groups is 1. The molecule has 1 unspecified atom stereocenters. The maximum absolute atomic E-state index is 13.1. The molecule has 1 aromatic heterocycles. The maximum Gasteiger partial charge on any atom is 0.388 e. The van der Waals surface area contributed by atoms with E-state index in [-0.39, 0.29) is 57.2 Å². The highest BCUT2D eigenvalue weighted by atomic mass is 32.2. The van der Waals surface area contributed by atoms with Crippen molar-refractivity contribution >= 4 is 27.3 Å². The van der Waals surface area contributed by atoms with Crippen LogP contribution in [0.15, 0.2) is 72.7 Å². The van der Waals surface area contributed by atoms with Crippen molar-refractivity contribution in [1.82, 2.24) is 19.3 Å². The molecule has 2 heterocycles. The fourth-order valence-electron chi connectivity index (χ4n) is 5.42. The number of carbonyl (C=O) groups is 1. The SMILES string of the molecule is CCOC(=O)CC(c1ccc(C)c(CN2CC=C(OCc3ccccc3)OS2(=O)=O)c1)c1ccc2c(nnn2CCCO)c1C. The molecule has 12 heteroatoms. The van der Waals surface area contributed by atoms with E-state index in [2.05, 4.69) is 10.3 Å². The monoisotopic (exact) mass is 634 g/mol. The number of carbonyl (C=O) groups excluding carboxylic acids is 1. The number of nitrogens with zero attached hydrogens (tertiary/aromatic N) is 4. The summed E-state index contributed by atoms with van der Waals surface area (Å²) in [6, 6.07) is 19.2. The molecule has 0 spiro atoms. The first kappa shape index (κ1) is 32.1. The summed E-state index contributed by atoms with van der Waals surface area (Å²) in [5.74, 6) is -0.757. The van der Waals surface area contributed by atoms with Crippen LogP contribution in [0, 0.1) is 13.8 Å². The normalized spacial score (nSPS) is 15.3. The lowest BCUT2D eigenvalue weighted by Crippen LogP contribution is -2.36. The molecule has 1 N–H and O–H groups in total. The van der Waals surface area contributed by atoms with Gasteiger partial charge >= 0.3 is 16.3 Å². The summed E-state index contributed by atoms with van der Waals surface area (Å²) in [5.41, 5.74) is 6.78. The third-order valence-corrected chi connectivity index (χ3v) is 9.16. The van der Waals surface area contributed by atoms with Crippen molar-refractivity contribution in [1.29, 1.82) is 0 Å². The standard InChI is InChI=1S/C33H38N4O7S/c1-4-42-31(39)20-29(28-13-14-30-33(24(28)3)34-35-37(30)16-8-18-38)26-12-11-23(2)27(19-26)21-36-17-15-32(44-45(36,40)41)43-22-25-9-6-5-7-10-25/h5-7,9-15,19,29,38H,4,8,16-18,20-22H2,1-3H3. The van der Waals surface area contributed by atoms with E-state index in [1.807, 2.05) is 74.5 Å². The van der Waals surface area contributed by atoms with Crippen molar-refractivity contribution in [2.75, 3.05) is 19.8 Å². The summed E-state index contributed by atoms with van der Waals surface area (Å²) in [7, 11) is -4.11. The van der Waals surface area contributed by atoms with Crippen molar-refractivity contribution in [3.8, 4) is 0 Å². The lowest BCUT2D eigenvalue weighted by molar-refractivity contribution is -0.143. The molecule has 0 aliphatic carbocycles. The van der Waals surface area contributed by atoms with Gasteiger partial charge in [0.05, 0.1) is 18.5 Å². The summed E-state index contributed by atoms with van der Waals surface area (Å²) in [6.07, 6.45) is 2.27. The Bertz CT molecular complexity index is 1790. The highest BCUT2D eigenvalue weighted by Crippen LogP contribution is 2.35. The highest BCUT2D eigenvalue weighted by Gasteiger charge is 2.31. The van der Waals surface area contributed by atoms with Gasteiger partial charge in [0.2, 0.25) is 0 Å². The largest absolute Gasteiger partial charge is 0.466 e. The van der Waals surface area contributed by atoms with Crippen molar-refractivity contribution in [2.45, 2.75) is 59.2 Å². The van der Waals surface area contributed by atoms with Crippen LogP contribution in [0.2, 0.25) is 0 Å². The first-order valence-electron chi connectivity index (χ1n) is 14.9. The summed E-state index contributed by atoms with van der Waals surface area (Å²) >= 11 is 0. The molecule has 0 radical (unpaired) electrons. The third-order valence-electron chi connectivity index (χ3n) is 7.87. The number of ether oxygens (including phenoxy) is 2. The lowest BCUT2D eigenvalue weighted by Gasteiger charge is -2.26. The van der Waals surface area contributed by atoms with Crippen LogP contribution < -0.4 is 0 Å². The van der Waals surface area contributed by atoms with Gasteiger partial charge in [-0.3, -0.25) is 4.79 Å². The molecule has 1 aliphatic rings. The molecule has 45 heavy (non-hydrogen) atoms. The zero-order chi connectivity index (χ0) is 32.0. The van der Waals surface area contributed by atoms with Gasteiger partial charge < -0.3 is 18.8 Å². The lowest BCUT2D eigenvalue weighted by atomic mass is 9.84. The minimum atomic E-state index is -4.11. The number of aliphatic hydroxyl groups excluding tert-OH is 1. The van der Waals surface area contributed by atoms with Crippen molar-refractivity contribution in [2.24, 2.45) is 0 Å². The van der Waals surface area contributed by atoms with Gasteiger partial charge in [-0.25, -0.2) is 4.68 Å². The molecule has 4 aromatic rings. The zero-order valence-corrected chi connectivity index (χ0v) is 26.5. The van der Waals surface area contributed by atoms with Gasteiger partial charge in [-0.2, -0.15) is 12.7 Å². The molecular formula is C33H38N4O7S. The smallest absolute Gasteiger partial charge is 0.388 e. The van der Waals surface area contributed by atoms with E-state index in [0.717, 1.165) is 44.4 Å². The van der Waals surface area contributed by atoms with Gasteiger partial charge in [-0.15, -0.1) is 5.10 Å². The van der Waals surface area contributed by atoms with Crippen LogP contribution >= 0.6 is 0 Å². The number of hydrogen-bond acceptors (Lipinski definition) is 9. The molecule has 5 rings (SSSR count). The Hall–Kier alpha value is -4.26. The quantitative estimate of drug-likeness (QED) is 0.209. The Balaban J connectivity index is 1.41. The molecule has 3 aromatic carbocycles. The van der Waals surface area contributed by atoms with Gasteiger partial charge in [-0.1, -0.05) is 59.8 Å². The number of benzene rings is 3. The van der Waals surface area contributed by atoms with Crippen LogP contribution in [0.3, 0.4) is 0 Å². The predicted octanol–water partition coefficient (Wildman–Crippen LogP) is 4.65. The first-order valence-corrected chi connectivity index (χ1v) is 16.3. The van der Waals surface area contributed by atoms with Gasteiger partial charge in [-0.05, 0) is 66.6 Å². The molecule has 0 bridgehead atoms. The van der Waals surface area contributed by atoms with Crippen LogP contribution in [0.5, 0.6) is 0 Å². The molecule has 238 valence electrons. The van der Waals surface area contributed by atoms with Gasteiger partial charge in [0, 0.05) is 38.2 Å². The number of hydrogen-bond donors (Lipinski definition) is 1. The van der Waals surface area contributed by atoms with E-state index in [1.54, 1.807) is 17.7 Å². The fraction of sp³-hybridized carbons (Fsp3) is 0.364. The summed E-state index contributed by atoms with van der Waals surface area (Å²) < 4.78 is 45.4. The Morgan fingerprint density at radius 3 is 2.64 bits per heavy atom. The second-order valence-electron chi connectivity index (χ2n) is 10.9. The molecule has 11 nitrogen and oxygen atoms in total. The van der Waals surface area contributed by atoms with Crippen LogP contribution in [-0.2, 0) is 48.5 Å². The fourth-order valence-corrected chi connectivity index (χ4v) is 6.41. The van der Waals surface area contributed by atoms with Crippen LogP contribution in [0.1, 0.15) is 59.1 Å². The molecule has 0 saturated heterocycles. The van der Waals surface area contributed by atoms with Crippen molar-refractivity contribution < 1.29 is 32.0 Å². The van der Waals surface area contributed by atoms with E-state index in [9.17, 15) is 18.3 Å². The number of fused-ring (bicyclic) bond motifs is 1. The van der Waals surface area contributed by atoms with E-state index >= 15 is 0 Å². The van der Waals surface area contributed by atoms with E-state index in [4.69, 9.17) is 13.7 Å². The second-order valence-corrected chi connectivity index (χ2v) is 12.5. The van der Waals surface area contributed by atoms with E-state index < -0.39 is 10.3 Å². The second kappa shape index (κ2) is 14.2. The minimum Gasteiger partial charge on any atom is -0.466 e. The van der Waals surface area contributed by atoms with Gasteiger partial charge in [0.1, 0.15) is 12.1 Å². The highest BCUT2D eigenvalue weighted by molar-refractivity contribution is 7.84. The summed E-state index contributed by atoms with van der Waals surface area (Å²) in [6.45, 7) is 6.86. The van der Waals surface area contributed by atoms with Crippen LogP contribution in [-0.4, -0.2) is 58.6 Å². The average Bonchev–Trinajstić information content (AvgIpc) is 3.44. The average molecular weight is 635 g/mol. The third kappa shape index (κ3) is 7.52. The number of aryl methyl sites for hydroxylation is 3. The van der Waals surface area contributed by atoms with Crippen molar-refractivity contribution in [3.05, 3.63) is 106 Å². The number of rotatable bonds is 13. The molecule has 1 aliphatic heterocycles. The van der Waals surface area contributed by atoms with E-state index in [1.165, 1.54) is 4.31 Å². The Kier molecular flexibility index (Phi) is 10.2. The summed E-state index contributed by atoms with van der Waals surface area (Å²) in [5, 5.41) is 17.9. The molecule has 1 atom stereocenters. The topological polar surface area (TPSA) is 133 Å². The molecule has 0 fully saturated rings. The number of esters is 1. The predicted molar refractivity (Wildman–Crippen MR) is 168 cm³/mol. The summed E-state index contributed by atoms with van der Waals surface area (Å²) in [4.78, 5) is 12.8. The van der Waals surface area contributed by atoms with Gasteiger partial charge in [0.15, 0.2) is 0 Å². The van der Waals surface area contributed by atoms with Crippen LogP contribution in [0.25, 0.3) is 11.0 Å². The van der Waals surface area contributed by atoms with Crippen LogP contribution in [0.4, 0.5) is 0 Å². The first-order chi connectivity index (χ1) is 21.7.